The van der Waals surface area contributed by atoms with Crippen LogP contribution < -0.4 is 14.8 Å². The van der Waals surface area contributed by atoms with Crippen molar-refractivity contribution in [3.8, 4) is 11.5 Å². The van der Waals surface area contributed by atoms with Gasteiger partial charge in [-0.2, -0.15) is 0 Å². The second-order valence-electron chi connectivity index (χ2n) is 4.84. The Morgan fingerprint density at radius 3 is 2.48 bits per heavy atom. The van der Waals surface area contributed by atoms with Crippen LogP contribution in [0.3, 0.4) is 0 Å². The van der Waals surface area contributed by atoms with Crippen LogP contribution in [0, 0.1) is 0 Å². The van der Waals surface area contributed by atoms with Crippen LogP contribution in [0.2, 0.25) is 0 Å². The second kappa shape index (κ2) is 6.97. The number of hydrogen-bond acceptors (Lipinski definition) is 4. The number of likely N-dealkylation sites (tertiary alicyclic amines) is 1. The van der Waals surface area contributed by atoms with Crippen LogP contribution in [0.4, 0.5) is 0 Å². The summed E-state index contributed by atoms with van der Waals surface area (Å²) in [6.45, 7) is 1.06. The SMILES string of the molecule is COc1cccc(OC)c1CNC(=O)CN1CCCC1=O. The zero-order chi connectivity index (χ0) is 15.2. The predicted molar refractivity (Wildman–Crippen MR) is 77.2 cm³/mol. The predicted octanol–water partition coefficient (Wildman–Crippen LogP) is 0.942. The Balaban J connectivity index is 1.96. The zero-order valence-electron chi connectivity index (χ0n) is 12.3. The van der Waals surface area contributed by atoms with E-state index in [-0.39, 0.29) is 18.4 Å². The third-order valence-corrected chi connectivity index (χ3v) is 3.50. The largest absolute Gasteiger partial charge is 0.496 e. The first-order valence-electron chi connectivity index (χ1n) is 6.90. The van der Waals surface area contributed by atoms with Crippen LogP contribution >= 0.6 is 0 Å². The number of carbonyl (C=O) groups excluding carboxylic acids is 2. The second-order valence-corrected chi connectivity index (χ2v) is 4.84. The van der Waals surface area contributed by atoms with Gasteiger partial charge in [-0.05, 0) is 18.6 Å². The number of nitrogens with zero attached hydrogens (tertiary/aromatic N) is 1. The van der Waals surface area contributed by atoms with E-state index in [0.717, 1.165) is 12.0 Å². The van der Waals surface area contributed by atoms with E-state index in [2.05, 4.69) is 5.32 Å². The lowest BCUT2D eigenvalue weighted by Crippen LogP contribution is -2.37. The molecule has 21 heavy (non-hydrogen) atoms. The number of carbonyl (C=O) groups is 2. The van der Waals surface area contributed by atoms with Crippen LogP contribution in [0.1, 0.15) is 18.4 Å². The number of amides is 2. The van der Waals surface area contributed by atoms with Gasteiger partial charge in [0.1, 0.15) is 11.5 Å². The Morgan fingerprint density at radius 1 is 1.29 bits per heavy atom. The number of methoxy groups -OCH3 is 2. The van der Waals surface area contributed by atoms with Gasteiger partial charge in [-0.25, -0.2) is 0 Å². The molecule has 0 atom stereocenters. The molecule has 0 unspecified atom stereocenters. The summed E-state index contributed by atoms with van der Waals surface area (Å²) in [6.07, 6.45) is 1.36. The fourth-order valence-electron chi connectivity index (χ4n) is 2.39. The Hall–Kier alpha value is -2.24. The van der Waals surface area contributed by atoms with Gasteiger partial charge in [0.2, 0.25) is 11.8 Å². The van der Waals surface area contributed by atoms with Crippen molar-refractivity contribution in [3.05, 3.63) is 23.8 Å². The Labute approximate surface area is 124 Å². The normalized spacial score (nSPS) is 14.2. The highest BCUT2D eigenvalue weighted by atomic mass is 16.5. The maximum Gasteiger partial charge on any atom is 0.239 e. The van der Waals surface area contributed by atoms with Crippen molar-refractivity contribution >= 4 is 11.8 Å². The standard InChI is InChI=1S/C15H20N2O4/c1-20-12-5-3-6-13(21-2)11(12)9-16-14(18)10-17-8-4-7-15(17)19/h3,5-6H,4,7-10H2,1-2H3,(H,16,18). The van der Waals surface area contributed by atoms with Crippen molar-refractivity contribution in [2.75, 3.05) is 27.3 Å². The molecule has 0 saturated carbocycles. The maximum absolute atomic E-state index is 11.9. The van der Waals surface area contributed by atoms with Crippen molar-refractivity contribution in [1.82, 2.24) is 10.2 Å². The molecule has 0 spiro atoms. The van der Waals surface area contributed by atoms with Crippen molar-refractivity contribution in [1.29, 1.82) is 0 Å². The Kier molecular flexibility index (Phi) is 5.03. The lowest BCUT2D eigenvalue weighted by Gasteiger charge is -2.16. The van der Waals surface area contributed by atoms with E-state index in [1.165, 1.54) is 0 Å². The summed E-state index contributed by atoms with van der Waals surface area (Å²) >= 11 is 0. The number of hydrogen-bond donors (Lipinski definition) is 1. The fraction of sp³-hybridized carbons (Fsp3) is 0.467. The molecule has 0 bridgehead atoms. The smallest absolute Gasteiger partial charge is 0.239 e. The number of rotatable bonds is 6. The lowest BCUT2D eigenvalue weighted by atomic mass is 10.1. The molecule has 0 aliphatic carbocycles. The van der Waals surface area contributed by atoms with E-state index in [1.54, 1.807) is 19.1 Å². The molecular weight excluding hydrogens is 272 g/mol. The third-order valence-electron chi connectivity index (χ3n) is 3.50. The van der Waals surface area contributed by atoms with E-state index in [1.807, 2.05) is 18.2 Å². The highest BCUT2D eigenvalue weighted by Gasteiger charge is 2.22. The monoisotopic (exact) mass is 292 g/mol. The molecule has 1 fully saturated rings. The Morgan fingerprint density at radius 2 is 1.95 bits per heavy atom. The molecule has 1 aliphatic rings. The van der Waals surface area contributed by atoms with Gasteiger partial charge in [-0.15, -0.1) is 0 Å². The first kappa shape index (κ1) is 15.2. The minimum absolute atomic E-state index is 0.0417. The van der Waals surface area contributed by atoms with E-state index in [9.17, 15) is 9.59 Å². The average molecular weight is 292 g/mol. The van der Waals surface area contributed by atoms with E-state index >= 15 is 0 Å². The summed E-state index contributed by atoms with van der Waals surface area (Å²) in [5.41, 5.74) is 0.781. The van der Waals surface area contributed by atoms with Crippen molar-refractivity contribution in [2.45, 2.75) is 19.4 Å². The zero-order valence-corrected chi connectivity index (χ0v) is 12.3. The maximum atomic E-state index is 11.9. The van der Waals surface area contributed by atoms with Gasteiger partial charge in [-0.1, -0.05) is 6.07 Å². The van der Waals surface area contributed by atoms with Gasteiger partial charge in [0.25, 0.3) is 0 Å². The van der Waals surface area contributed by atoms with Gasteiger partial charge in [-0.3, -0.25) is 9.59 Å². The minimum atomic E-state index is -0.182. The first-order valence-corrected chi connectivity index (χ1v) is 6.90. The number of benzene rings is 1. The van der Waals surface area contributed by atoms with E-state index < -0.39 is 0 Å². The molecule has 6 heteroatoms. The van der Waals surface area contributed by atoms with Crippen LogP contribution in [0.25, 0.3) is 0 Å². The van der Waals surface area contributed by atoms with Gasteiger partial charge >= 0.3 is 0 Å². The molecule has 0 aromatic heterocycles. The summed E-state index contributed by atoms with van der Waals surface area (Å²) in [5, 5.41) is 2.80. The van der Waals surface area contributed by atoms with E-state index in [0.29, 0.717) is 31.0 Å². The molecule has 1 heterocycles. The molecule has 1 N–H and O–H groups in total. The molecule has 114 valence electrons. The average Bonchev–Trinajstić information content (AvgIpc) is 2.89. The summed E-state index contributed by atoms with van der Waals surface area (Å²) in [7, 11) is 3.14. The number of ether oxygens (including phenoxy) is 2. The molecule has 1 aliphatic heterocycles. The molecule has 1 saturated heterocycles. The molecule has 1 aromatic carbocycles. The topological polar surface area (TPSA) is 67.9 Å². The van der Waals surface area contributed by atoms with Gasteiger partial charge < -0.3 is 19.7 Å². The molecule has 2 amide bonds. The minimum Gasteiger partial charge on any atom is -0.496 e. The van der Waals surface area contributed by atoms with Crippen LogP contribution in [-0.2, 0) is 16.1 Å². The molecule has 2 rings (SSSR count). The lowest BCUT2D eigenvalue weighted by molar-refractivity contribution is -0.133. The van der Waals surface area contributed by atoms with Crippen molar-refractivity contribution < 1.29 is 19.1 Å². The summed E-state index contributed by atoms with van der Waals surface area (Å²) in [4.78, 5) is 25.0. The van der Waals surface area contributed by atoms with Crippen LogP contribution in [0.5, 0.6) is 11.5 Å². The summed E-state index contributed by atoms with van der Waals surface area (Å²) < 4.78 is 10.5. The van der Waals surface area contributed by atoms with Crippen LogP contribution in [-0.4, -0.2) is 44.0 Å². The van der Waals surface area contributed by atoms with E-state index in [4.69, 9.17) is 9.47 Å². The number of nitrogens with one attached hydrogen (secondary N) is 1. The van der Waals surface area contributed by atoms with Gasteiger partial charge in [0.05, 0.1) is 32.9 Å². The Bertz CT molecular complexity index is 508. The highest BCUT2D eigenvalue weighted by molar-refractivity contribution is 5.85. The molecular formula is C15H20N2O4. The molecule has 0 radical (unpaired) electrons. The van der Waals surface area contributed by atoms with Crippen LogP contribution in [0.15, 0.2) is 18.2 Å². The quantitative estimate of drug-likeness (QED) is 0.847. The van der Waals surface area contributed by atoms with Gasteiger partial charge in [0.15, 0.2) is 0 Å². The first-order chi connectivity index (χ1) is 10.2. The molecule has 1 aromatic rings. The summed E-state index contributed by atoms with van der Waals surface area (Å²) in [6, 6.07) is 5.45. The molecule has 6 nitrogen and oxygen atoms in total. The third kappa shape index (κ3) is 3.65. The summed E-state index contributed by atoms with van der Waals surface area (Å²) in [5.74, 6) is 1.18. The van der Waals surface area contributed by atoms with Crippen molar-refractivity contribution in [3.63, 3.8) is 0 Å². The van der Waals surface area contributed by atoms with Crippen molar-refractivity contribution in [2.24, 2.45) is 0 Å². The van der Waals surface area contributed by atoms with Gasteiger partial charge in [0, 0.05) is 13.0 Å². The fourth-order valence-corrected chi connectivity index (χ4v) is 2.39. The highest BCUT2D eigenvalue weighted by Crippen LogP contribution is 2.27.